The molecule has 4 heteroatoms. The number of nitrogens with zero attached hydrogens (tertiary/aromatic N) is 2. The zero-order valence-electron chi connectivity index (χ0n) is 17.3. The van der Waals surface area contributed by atoms with Crippen LogP contribution in [0.1, 0.15) is 44.0 Å². The van der Waals surface area contributed by atoms with Crippen LogP contribution >= 0.6 is 0 Å². The van der Waals surface area contributed by atoms with Gasteiger partial charge in [0.25, 0.3) is 0 Å². The predicted octanol–water partition coefficient (Wildman–Crippen LogP) is 5.56. The van der Waals surface area contributed by atoms with Gasteiger partial charge in [0.1, 0.15) is 0 Å². The zero-order chi connectivity index (χ0) is 20.4. The largest absolute Gasteiger partial charge is 0.465 e. The minimum atomic E-state index is -0.322. The lowest BCUT2D eigenvalue weighted by Gasteiger charge is -2.13. The van der Waals surface area contributed by atoms with Crippen LogP contribution < -0.4 is 0 Å². The van der Waals surface area contributed by atoms with Crippen molar-refractivity contribution in [2.45, 2.75) is 34.6 Å². The Morgan fingerprint density at radius 3 is 2.36 bits per heavy atom. The Morgan fingerprint density at radius 2 is 1.71 bits per heavy atom. The fraction of sp³-hybridized carbons (Fsp3) is 0.250. The monoisotopic (exact) mass is 374 g/mol. The second-order valence-corrected chi connectivity index (χ2v) is 7.20. The third kappa shape index (κ3) is 3.77. The van der Waals surface area contributed by atoms with E-state index in [1.54, 1.807) is 6.07 Å². The number of hydrogen-bond acceptors (Lipinski definition) is 3. The van der Waals surface area contributed by atoms with E-state index in [1.165, 1.54) is 18.2 Å². The molecule has 2 aromatic carbocycles. The summed E-state index contributed by atoms with van der Waals surface area (Å²) < 4.78 is 7.01. The summed E-state index contributed by atoms with van der Waals surface area (Å²) in [6.07, 6.45) is 1.93. The topological polar surface area (TPSA) is 43.6 Å². The van der Waals surface area contributed by atoms with Crippen LogP contribution in [0.2, 0.25) is 0 Å². The summed E-state index contributed by atoms with van der Waals surface area (Å²) >= 11 is 0. The van der Waals surface area contributed by atoms with Gasteiger partial charge in [0.05, 0.1) is 18.4 Å². The molecule has 0 bridgehead atoms. The van der Waals surface area contributed by atoms with Gasteiger partial charge in [-0.05, 0) is 76.1 Å². The van der Waals surface area contributed by atoms with Crippen LogP contribution in [0.3, 0.4) is 0 Å². The lowest BCUT2D eigenvalue weighted by atomic mass is 10.1. The first kappa shape index (κ1) is 19.6. The normalized spacial score (nSPS) is 11.2. The molecule has 1 heterocycles. The summed E-state index contributed by atoms with van der Waals surface area (Å²) in [5, 5.41) is 0. The minimum absolute atomic E-state index is 0.322. The van der Waals surface area contributed by atoms with Gasteiger partial charge in [-0.1, -0.05) is 17.7 Å². The molecule has 3 rings (SSSR count). The maximum absolute atomic E-state index is 11.8. The molecule has 144 valence electrons. The Balaban J connectivity index is 1.98. The Labute approximate surface area is 166 Å². The first-order valence-electron chi connectivity index (χ1n) is 9.31. The molecule has 0 fully saturated rings. The molecule has 0 amide bonds. The van der Waals surface area contributed by atoms with Crippen molar-refractivity contribution in [3.8, 4) is 5.69 Å². The molecule has 0 saturated heterocycles. The number of aromatic nitrogens is 1. The number of benzene rings is 2. The summed E-state index contributed by atoms with van der Waals surface area (Å²) in [4.78, 5) is 16.5. The molecule has 0 unspecified atom stereocenters. The van der Waals surface area contributed by atoms with E-state index in [1.807, 2.05) is 25.3 Å². The van der Waals surface area contributed by atoms with E-state index in [-0.39, 0.29) is 5.97 Å². The third-order valence-corrected chi connectivity index (χ3v) is 5.02. The molecular formula is C24H26N2O2. The molecule has 4 nitrogen and oxygen atoms in total. The highest BCUT2D eigenvalue weighted by Gasteiger charge is 2.13. The number of esters is 1. The number of methoxy groups -OCH3 is 1. The molecule has 0 aliphatic carbocycles. The molecule has 0 aliphatic rings. The zero-order valence-corrected chi connectivity index (χ0v) is 17.3. The van der Waals surface area contributed by atoms with Crippen LogP contribution in [-0.4, -0.2) is 23.9 Å². The Morgan fingerprint density at radius 1 is 0.964 bits per heavy atom. The number of rotatable bonds is 4. The quantitative estimate of drug-likeness (QED) is 0.443. The Kier molecular flexibility index (Phi) is 5.50. The second kappa shape index (κ2) is 7.85. The van der Waals surface area contributed by atoms with Crippen molar-refractivity contribution in [1.82, 2.24) is 4.57 Å². The van der Waals surface area contributed by atoms with Crippen LogP contribution in [0.15, 0.2) is 47.5 Å². The Hall–Kier alpha value is -3.14. The number of ether oxygens (including phenoxy) is 1. The van der Waals surface area contributed by atoms with Crippen molar-refractivity contribution < 1.29 is 9.53 Å². The highest BCUT2D eigenvalue weighted by molar-refractivity contribution is 5.90. The summed E-state index contributed by atoms with van der Waals surface area (Å²) in [6.45, 7) is 10.3. The smallest absolute Gasteiger partial charge is 0.337 e. The highest BCUT2D eigenvalue weighted by atomic mass is 16.5. The van der Waals surface area contributed by atoms with Crippen molar-refractivity contribution in [1.29, 1.82) is 0 Å². The van der Waals surface area contributed by atoms with Crippen LogP contribution in [0.25, 0.3) is 5.69 Å². The van der Waals surface area contributed by atoms with Crippen molar-refractivity contribution in [3.05, 3.63) is 81.7 Å². The van der Waals surface area contributed by atoms with Crippen molar-refractivity contribution in [2.24, 2.45) is 4.99 Å². The van der Waals surface area contributed by atoms with Crippen LogP contribution in [0, 0.1) is 34.6 Å². The van der Waals surface area contributed by atoms with Gasteiger partial charge in [-0.3, -0.25) is 4.99 Å². The van der Waals surface area contributed by atoms with E-state index in [9.17, 15) is 4.79 Å². The molecule has 1 aromatic heterocycles. The number of aryl methyl sites for hydroxylation is 4. The number of hydrogen-bond donors (Lipinski definition) is 0. The SMILES string of the molecule is COC(=O)c1ccc(-n2c(C)cc(C=Nc3ccc(C)cc3C)c2C)c(C)c1. The average molecular weight is 374 g/mol. The lowest BCUT2D eigenvalue weighted by molar-refractivity contribution is 0.0600. The van der Waals surface area contributed by atoms with Gasteiger partial charge in [0.15, 0.2) is 0 Å². The van der Waals surface area contributed by atoms with Gasteiger partial charge in [0, 0.05) is 28.9 Å². The molecule has 0 spiro atoms. The minimum Gasteiger partial charge on any atom is -0.465 e. The Bertz CT molecular complexity index is 1070. The van der Waals surface area contributed by atoms with Crippen molar-refractivity contribution in [3.63, 3.8) is 0 Å². The highest BCUT2D eigenvalue weighted by Crippen LogP contribution is 2.25. The van der Waals surface area contributed by atoms with Crippen LogP contribution in [0.5, 0.6) is 0 Å². The van der Waals surface area contributed by atoms with Crippen molar-refractivity contribution in [2.75, 3.05) is 7.11 Å². The van der Waals surface area contributed by atoms with Gasteiger partial charge < -0.3 is 9.30 Å². The summed E-state index contributed by atoms with van der Waals surface area (Å²) in [6, 6.07) is 14.0. The van der Waals surface area contributed by atoms with E-state index in [2.05, 4.69) is 56.5 Å². The number of aliphatic imine (C=N–C) groups is 1. The van der Waals surface area contributed by atoms with E-state index >= 15 is 0 Å². The summed E-state index contributed by atoms with van der Waals surface area (Å²) in [7, 11) is 1.40. The van der Waals surface area contributed by atoms with Gasteiger partial charge in [-0.25, -0.2) is 4.79 Å². The summed E-state index contributed by atoms with van der Waals surface area (Å²) in [5.74, 6) is -0.322. The summed E-state index contributed by atoms with van der Waals surface area (Å²) in [5.41, 5.74) is 9.32. The fourth-order valence-corrected chi connectivity index (χ4v) is 3.53. The molecule has 0 saturated carbocycles. The third-order valence-electron chi connectivity index (χ3n) is 5.02. The lowest BCUT2D eigenvalue weighted by Crippen LogP contribution is -2.06. The molecule has 28 heavy (non-hydrogen) atoms. The van der Waals surface area contributed by atoms with Gasteiger partial charge in [0.2, 0.25) is 0 Å². The standard InChI is InChI=1S/C24H26N2O2/c1-15-7-9-22(16(2)11-15)25-14-21-13-18(4)26(19(21)5)23-10-8-20(12-17(23)3)24(27)28-6/h7-14H,1-6H3. The van der Waals surface area contributed by atoms with E-state index < -0.39 is 0 Å². The van der Waals surface area contributed by atoms with E-state index in [0.717, 1.165) is 33.9 Å². The number of carbonyl (C=O) groups excluding carboxylic acids is 1. The predicted molar refractivity (Wildman–Crippen MR) is 114 cm³/mol. The molecule has 0 aliphatic heterocycles. The maximum atomic E-state index is 11.8. The van der Waals surface area contributed by atoms with E-state index in [4.69, 9.17) is 9.73 Å². The fourth-order valence-electron chi connectivity index (χ4n) is 3.53. The van der Waals surface area contributed by atoms with Gasteiger partial charge in [-0.2, -0.15) is 0 Å². The molecular weight excluding hydrogens is 348 g/mol. The van der Waals surface area contributed by atoms with Crippen LogP contribution in [0.4, 0.5) is 5.69 Å². The molecule has 0 N–H and O–H groups in total. The first-order valence-corrected chi connectivity index (χ1v) is 9.31. The van der Waals surface area contributed by atoms with Crippen LogP contribution in [-0.2, 0) is 4.74 Å². The molecule has 0 atom stereocenters. The second-order valence-electron chi connectivity index (χ2n) is 7.20. The number of carbonyl (C=O) groups is 1. The van der Waals surface area contributed by atoms with Crippen molar-refractivity contribution >= 4 is 17.9 Å². The molecule has 3 aromatic rings. The maximum Gasteiger partial charge on any atom is 0.337 e. The molecule has 0 radical (unpaired) electrons. The van der Waals surface area contributed by atoms with Gasteiger partial charge in [-0.15, -0.1) is 0 Å². The van der Waals surface area contributed by atoms with Gasteiger partial charge >= 0.3 is 5.97 Å². The first-order chi connectivity index (χ1) is 13.3. The van der Waals surface area contributed by atoms with E-state index in [0.29, 0.717) is 5.56 Å². The average Bonchev–Trinajstić information content (AvgIpc) is 2.94.